The third-order valence-corrected chi connectivity index (χ3v) is 4.60. The van der Waals surface area contributed by atoms with Crippen molar-refractivity contribution in [2.24, 2.45) is 5.92 Å². The number of hydrogen-bond donors (Lipinski definition) is 1. The number of rotatable bonds is 3. The van der Waals surface area contributed by atoms with Gasteiger partial charge in [0.2, 0.25) is 0 Å². The highest BCUT2D eigenvalue weighted by Crippen LogP contribution is 2.34. The summed E-state index contributed by atoms with van der Waals surface area (Å²) in [5, 5.41) is 4.79. The van der Waals surface area contributed by atoms with E-state index in [0.29, 0.717) is 10.0 Å². The molecule has 1 fully saturated rings. The standard InChI is InChI=1S/C14H18BrCl2N/c15-11-7-12(16)14(13(17)8-11)18-9-10-5-3-1-2-4-6-10/h7-8,10,18H,1-6,9H2. The molecule has 0 bridgehead atoms. The zero-order valence-corrected chi connectivity index (χ0v) is 13.4. The van der Waals surface area contributed by atoms with Crippen LogP contribution in [0.25, 0.3) is 0 Å². The summed E-state index contributed by atoms with van der Waals surface area (Å²) in [7, 11) is 0. The van der Waals surface area contributed by atoms with Crippen LogP contribution in [0.15, 0.2) is 16.6 Å². The molecule has 100 valence electrons. The van der Waals surface area contributed by atoms with E-state index in [1.165, 1.54) is 38.5 Å². The molecule has 1 nitrogen and oxygen atoms in total. The zero-order valence-electron chi connectivity index (χ0n) is 10.3. The van der Waals surface area contributed by atoms with Gasteiger partial charge >= 0.3 is 0 Å². The maximum atomic E-state index is 6.21. The first-order valence-corrected chi connectivity index (χ1v) is 8.10. The van der Waals surface area contributed by atoms with Crippen molar-refractivity contribution in [1.82, 2.24) is 0 Å². The average molecular weight is 351 g/mol. The third-order valence-electron chi connectivity index (χ3n) is 3.55. The quantitative estimate of drug-likeness (QED) is 0.645. The van der Waals surface area contributed by atoms with Crippen molar-refractivity contribution in [3.63, 3.8) is 0 Å². The van der Waals surface area contributed by atoms with Crippen molar-refractivity contribution in [3.05, 3.63) is 26.7 Å². The Morgan fingerprint density at radius 1 is 1.06 bits per heavy atom. The lowest BCUT2D eigenvalue weighted by Crippen LogP contribution is -2.14. The van der Waals surface area contributed by atoms with Crippen LogP contribution in [0.3, 0.4) is 0 Å². The van der Waals surface area contributed by atoms with Crippen LogP contribution in [0.2, 0.25) is 10.0 Å². The Hall–Kier alpha value is 0.0800. The van der Waals surface area contributed by atoms with Crippen molar-refractivity contribution in [1.29, 1.82) is 0 Å². The molecule has 0 aromatic heterocycles. The zero-order chi connectivity index (χ0) is 13.0. The van der Waals surface area contributed by atoms with Gasteiger partial charge in [-0.25, -0.2) is 0 Å². The Bertz CT molecular complexity index is 378. The van der Waals surface area contributed by atoms with Crippen LogP contribution in [0.4, 0.5) is 5.69 Å². The maximum absolute atomic E-state index is 6.21. The second-order valence-electron chi connectivity index (χ2n) is 4.98. The van der Waals surface area contributed by atoms with E-state index in [-0.39, 0.29) is 0 Å². The number of halogens is 3. The number of benzene rings is 1. The van der Waals surface area contributed by atoms with E-state index >= 15 is 0 Å². The lowest BCUT2D eigenvalue weighted by Gasteiger charge is -2.17. The Morgan fingerprint density at radius 3 is 2.17 bits per heavy atom. The Morgan fingerprint density at radius 2 is 1.61 bits per heavy atom. The molecule has 1 saturated carbocycles. The molecule has 1 N–H and O–H groups in total. The van der Waals surface area contributed by atoms with Crippen LogP contribution in [-0.2, 0) is 0 Å². The summed E-state index contributed by atoms with van der Waals surface area (Å²) < 4.78 is 0.914. The van der Waals surface area contributed by atoms with Crippen molar-refractivity contribution in [2.75, 3.05) is 11.9 Å². The molecule has 18 heavy (non-hydrogen) atoms. The molecule has 0 heterocycles. The van der Waals surface area contributed by atoms with Crippen molar-refractivity contribution in [3.8, 4) is 0 Å². The van der Waals surface area contributed by atoms with Gasteiger partial charge in [0.25, 0.3) is 0 Å². The van der Waals surface area contributed by atoms with E-state index in [4.69, 9.17) is 23.2 Å². The fraction of sp³-hybridized carbons (Fsp3) is 0.571. The van der Waals surface area contributed by atoms with E-state index in [0.717, 1.165) is 22.6 Å². The Kier molecular flexibility index (Phi) is 5.65. The topological polar surface area (TPSA) is 12.0 Å². The molecule has 0 atom stereocenters. The van der Waals surface area contributed by atoms with Gasteiger partial charge in [-0.3, -0.25) is 0 Å². The largest absolute Gasteiger partial charge is 0.382 e. The van der Waals surface area contributed by atoms with E-state index in [1.54, 1.807) is 0 Å². The summed E-state index contributed by atoms with van der Waals surface area (Å²) in [5.41, 5.74) is 0.866. The van der Waals surface area contributed by atoms with Gasteiger partial charge in [0.1, 0.15) is 0 Å². The first-order valence-electron chi connectivity index (χ1n) is 6.55. The molecular weight excluding hydrogens is 333 g/mol. The Balaban J connectivity index is 1.97. The minimum Gasteiger partial charge on any atom is -0.382 e. The third kappa shape index (κ3) is 4.04. The van der Waals surface area contributed by atoms with Crippen molar-refractivity contribution >= 4 is 44.8 Å². The van der Waals surface area contributed by atoms with Crippen LogP contribution in [0.1, 0.15) is 38.5 Å². The number of nitrogens with one attached hydrogen (secondary N) is 1. The predicted molar refractivity (Wildman–Crippen MR) is 83.8 cm³/mol. The van der Waals surface area contributed by atoms with Crippen LogP contribution in [0, 0.1) is 5.92 Å². The summed E-state index contributed by atoms with van der Waals surface area (Å²) in [6.45, 7) is 0.973. The molecule has 1 aliphatic carbocycles. The number of hydrogen-bond acceptors (Lipinski definition) is 1. The molecular formula is C14H18BrCl2N. The molecule has 0 radical (unpaired) electrons. The summed E-state index contributed by atoms with van der Waals surface area (Å²) in [4.78, 5) is 0. The Labute approximate surface area is 127 Å². The van der Waals surface area contributed by atoms with Gasteiger partial charge in [0.15, 0.2) is 0 Å². The van der Waals surface area contributed by atoms with Gasteiger partial charge < -0.3 is 5.32 Å². The first kappa shape index (κ1) is 14.5. The average Bonchev–Trinajstić information content (AvgIpc) is 2.56. The van der Waals surface area contributed by atoms with Gasteiger partial charge in [-0.05, 0) is 30.9 Å². The first-order chi connectivity index (χ1) is 8.66. The highest BCUT2D eigenvalue weighted by atomic mass is 79.9. The molecule has 0 spiro atoms. The second kappa shape index (κ2) is 7.02. The normalized spacial score (nSPS) is 17.5. The highest BCUT2D eigenvalue weighted by Gasteiger charge is 2.14. The monoisotopic (exact) mass is 349 g/mol. The molecule has 1 aromatic rings. The van der Waals surface area contributed by atoms with E-state index < -0.39 is 0 Å². The van der Waals surface area contributed by atoms with Crippen LogP contribution < -0.4 is 5.32 Å². The fourth-order valence-corrected chi connectivity index (χ4v) is 3.87. The summed E-state index contributed by atoms with van der Waals surface area (Å²) in [6.07, 6.45) is 8.12. The molecule has 0 aliphatic heterocycles. The molecule has 4 heteroatoms. The second-order valence-corrected chi connectivity index (χ2v) is 6.71. The van der Waals surface area contributed by atoms with Gasteiger partial charge in [0.05, 0.1) is 15.7 Å². The van der Waals surface area contributed by atoms with E-state index in [2.05, 4.69) is 21.2 Å². The molecule has 1 aromatic carbocycles. The van der Waals surface area contributed by atoms with Crippen LogP contribution in [-0.4, -0.2) is 6.54 Å². The smallest absolute Gasteiger partial charge is 0.0719 e. The SMILES string of the molecule is Clc1cc(Br)cc(Cl)c1NCC1CCCCCC1. The summed E-state index contributed by atoms with van der Waals surface area (Å²) in [5.74, 6) is 0.753. The van der Waals surface area contributed by atoms with Gasteiger partial charge in [-0.15, -0.1) is 0 Å². The minimum atomic E-state index is 0.683. The van der Waals surface area contributed by atoms with Crippen LogP contribution in [0.5, 0.6) is 0 Å². The molecule has 0 amide bonds. The minimum absolute atomic E-state index is 0.683. The lowest BCUT2D eigenvalue weighted by atomic mass is 10.0. The van der Waals surface area contributed by atoms with Crippen LogP contribution >= 0.6 is 39.1 Å². The van der Waals surface area contributed by atoms with Crippen molar-refractivity contribution < 1.29 is 0 Å². The number of anilines is 1. The molecule has 1 aliphatic rings. The molecule has 2 rings (SSSR count). The predicted octanol–water partition coefficient (Wildman–Crippen LogP) is 6.14. The maximum Gasteiger partial charge on any atom is 0.0719 e. The van der Waals surface area contributed by atoms with E-state index in [9.17, 15) is 0 Å². The fourth-order valence-electron chi connectivity index (χ4n) is 2.53. The summed E-state index contributed by atoms with van der Waals surface area (Å²) >= 11 is 15.8. The molecule has 0 saturated heterocycles. The van der Waals surface area contributed by atoms with Gasteiger partial charge in [0, 0.05) is 11.0 Å². The summed E-state index contributed by atoms with van der Waals surface area (Å²) in [6, 6.07) is 3.76. The highest BCUT2D eigenvalue weighted by molar-refractivity contribution is 9.10. The van der Waals surface area contributed by atoms with Gasteiger partial charge in [-0.1, -0.05) is 64.8 Å². The van der Waals surface area contributed by atoms with Gasteiger partial charge in [-0.2, -0.15) is 0 Å². The van der Waals surface area contributed by atoms with E-state index in [1.807, 2.05) is 12.1 Å². The van der Waals surface area contributed by atoms with Crippen molar-refractivity contribution in [2.45, 2.75) is 38.5 Å². The lowest BCUT2D eigenvalue weighted by molar-refractivity contribution is 0.483. The molecule has 0 unspecified atom stereocenters.